The molecule has 0 radical (unpaired) electrons. The summed E-state index contributed by atoms with van der Waals surface area (Å²) in [6, 6.07) is 14.9. The molecule has 0 heterocycles. The molecule has 0 unspecified atom stereocenters. The summed E-state index contributed by atoms with van der Waals surface area (Å²) in [6.07, 6.45) is 0.842. The average molecular weight is 475 g/mol. The van der Waals surface area contributed by atoms with Crippen molar-refractivity contribution in [2.75, 3.05) is 13.2 Å². The summed E-state index contributed by atoms with van der Waals surface area (Å²) >= 11 is 3.52. The minimum Gasteiger partial charge on any atom is -0.483 e. The number of carbonyl (C=O) groups excluding carboxylic acids is 2. The highest BCUT2D eigenvalue weighted by molar-refractivity contribution is 9.10. The normalized spacial score (nSPS) is 11.8. The Kier molecular flexibility index (Phi) is 9.37. The molecule has 0 spiro atoms. The Labute approximate surface area is 187 Å². The largest absolute Gasteiger partial charge is 0.483 e. The Morgan fingerprint density at radius 1 is 1.10 bits per heavy atom. The van der Waals surface area contributed by atoms with Crippen molar-refractivity contribution in [2.45, 2.75) is 52.6 Å². The van der Waals surface area contributed by atoms with Crippen molar-refractivity contribution in [3.05, 3.63) is 64.1 Å². The average Bonchev–Trinajstić information content (AvgIpc) is 2.74. The fraction of sp³-hybridized carbons (Fsp3) is 0.417. The first-order valence-corrected chi connectivity index (χ1v) is 11.2. The second kappa shape index (κ2) is 11.7. The standard InChI is InChI=1S/C24H31BrN2O3/c1-5-13-26-24(29)18(4)27(15-19-9-7-6-8-10-19)23(28)16-30-22-12-11-20(17(2)3)14-21(22)25/h6-12,14,17-18H,5,13,15-16H2,1-4H3,(H,26,29)/t18-/m0/s1. The molecular weight excluding hydrogens is 444 g/mol. The van der Waals surface area contributed by atoms with E-state index in [1.54, 1.807) is 11.8 Å². The summed E-state index contributed by atoms with van der Waals surface area (Å²) in [7, 11) is 0. The second-order valence-electron chi connectivity index (χ2n) is 7.61. The fourth-order valence-electron chi connectivity index (χ4n) is 2.97. The van der Waals surface area contributed by atoms with Crippen LogP contribution in [0.1, 0.15) is 51.2 Å². The van der Waals surface area contributed by atoms with Crippen molar-refractivity contribution >= 4 is 27.7 Å². The molecule has 2 amide bonds. The van der Waals surface area contributed by atoms with E-state index < -0.39 is 6.04 Å². The number of nitrogens with one attached hydrogen (secondary N) is 1. The van der Waals surface area contributed by atoms with Gasteiger partial charge in [0.2, 0.25) is 5.91 Å². The van der Waals surface area contributed by atoms with Crippen LogP contribution in [0.3, 0.4) is 0 Å². The van der Waals surface area contributed by atoms with Crippen LogP contribution in [0, 0.1) is 0 Å². The zero-order valence-electron chi connectivity index (χ0n) is 18.2. The molecule has 0 fully saturated rings. The third kappa shape index (κ3) is 6.87. The highest BCUT2D eigenvalue weighted by atomic mass is 79.9. The Morgan fingerprint density at radius 2 is 1.80 bits per heavy atom. The molecule has 2 aromatic rings. The third-order valence-electron chi connectivity index (χ3n) is 4.89. The monoisotopic (exact) mass is 474 g/mol. The molecule has 0 aliphatic heterocycles. The topological polar surface area (TPSA) is 58.6 Å². The van der Waals surface area contributed by atoms with E-state index in [1.165, 1.54) is 5.56 Å². The number of carbonyl (C=O) groups is 2. The third-order valence-corrected chi connectivity index (χ3v) is 5.51. The number of amides is 2. The van der Waals surface area contributed by atoms with E-state index >= 15 is 0 Å². The van der Waals surface area contributed by atoms with Gasteiger partial charge >= 0.3 is 0 Å². The molecule has 0 saturated heterocycles. The summed E-state index contributed by atoms with van der Waals surface area (Å²) < 4.78 is 6.60. The smallest absolute Gasteiger partial charge is 0.261 e. The van der Waals surface area contributed by atoms with Gasteiger partial charge in [-0.25, -0.2) is 0 Å². The van der Waals surface area contributed by atoms with Crippen molar-refractivity contribution in [3.8, 4) is 5.75 Å². The molecule has 2 aromatic carbocycles. The van der Waals surface area contributed by atoms with Crippen molar-refractivity contribution in [2.24, 2.45) is 0 Å². The van der Waals surface area contributed by atoms with Crippen LogP contribution in [-0.4, -0.2) is 35.9 Å². The zero-order valence-corrected chi connectivity index (χ0v) is 19.7. The number of rotatable bonds is 10. The Bertz CT molecular complexity index is 840. The van der Waals surface area contributed by atoms with E-state index in [4.69, 9.17) is 4.74 Å². The number of nitrogens with zero attached hydrogens (tertiary/aromatic N) is 1. The van der Waals surface area contributed by atoms with Gasteiger partial charge in [-0.1, -0.05) is 57.2 Å². The van der Waals surface area contributed by atoms with E-state index in [-0.39, 0.29) is 18.4 Å². The highest BCUT2D eigenvalue weighted by Gasteiger charge is 2.26. The molecule has 162 valence electrons. The van der Waals surface area contributed by atoms with Crippen LogP contribution in [0.2, 0.25) is 0 Å². The molecule has 1 atom stereocenters. The van der Waals surface area contributed by atoms with E-state index in [2.05, 4.69) is 35.1 Å². The highest BCUT2D eigenvalue weighted by Crippen LogP contribution is 2.29. The van der Waals surface area contributed by atoms with E-state index in [1.807, 2.05) is 55.5 Å². The maximum absolute atomic E-state index is 13.0. The molecule has 0 aliphatic rings. The Hall–Kier alpha value is -2.34. The van der Waals surface area contributed by atoms with Crippen LogP contribution in [0.5, 0.6) is 5.75 Å². The molecular formula is C24H31BrN2O3. The molecule has 1 N–H and O–H groups in total. The summed E-state index contributed by atoms with van der Waals surface area (Å²) in [6.45, 7) is 8.78. The summed E-state index contributed by atoms with van der Waals surface area (Å²) in [5, 5.41) is 2.87. The molecule has 2 rings (SSSR count). The van der Waals surface area contributed by atoms with Crippen LogP contribution in [-0.2, 0) is 16.1 Å². The van der Waals surface area contributed by atoms with Crippen molar-refractivity contribution < 1.29 is 14.3 Å². The Morgan fingerprint density at radius 3 is 2.40 bits per heavy atom. The van der Waals surface area contributed by atoms with Gasteiger partial charge in [-0.15, -0.1) is 0 Å². The predicted octanol–water partition coefficient (Wildman–Crippen LogP) is 4.89. The molecule has 0 saturated carbocycles. The quantitative estimate of drug-likeness (QED) is 0.532. The molecule has 0 aromatic heterocycles. The van der Waals surface area contributed by atoms with Crippen molar-refractivity contribution in [1.29, 1.82) is 0 Å². The zero-order chi connectivity index (χ0) is 22.1. The Balaban J connectivity index is 2.12. The fourth-order valence-corrected chi connectivity index (χ4v) is 3.49. The lowest BCUT2D eigenvalue weighted by Gasteiger charge is -2.28. The number of benzene rings is 2. The molecule has 6 heteroatoms. The van der Waals surface area contributed by atoms with Crippen molar-refractivity contribution in [3.63, 3.8) is 0 Å². The first-order valence-electron chi connectivity index (χ1n) is 10.4. The van der Waals surface area contributed by atoms with Crippen LogP contribution in [0.4, 0.5) is 0 Å². The predicted molar refractivity (Wildman–Crippen MR) is 123 cm³/mol. The number of hydrogen-bond acceptors (Lipinski definition) is 3. The molecule has 5 nitrogen and oxygen atoms in total. The molecule has 0 bridgehead atoms. The van der Waals surface area contributed by atoms with Crippen molar-refractivity contribution in [1.82, 2.24) is 10.2 Å². The molecule has 0 aliphatic carbocycles. The van der Waals surface area contributed by atoms with Gasteiger partial charge in [0.25, 0.3) is 5.91 Å². The summed E-state index contributed by atoms with van der Waals surface area (Å²) in [5.74, 6) is 0.609. The minimum atomic E-state index is -0.598. The minimum absolute atomic E-state index is 0.141. The van der Waals surface area contributed by atoms with Gasteiger partial charge in [-0.05, 0) is 58.5 Å². The van der Waals surface area contributed by atoms with Crippen LogP contribution in [0.15, 0.2) is 53.0 Å². The molecule has 30 heavy (non-hydrogen) atoms. The van der Waals surface area contributed by atoms with Gasteiger partial charge in [-0.2, -0.15) is 0 Å². The lowest BCUT2D eigenvalue weighted by Crippen LogP contribution is -2.49. The summed E-state index contributed by atoms with van der Waals surface area (Å²) in [5.41, 5.74) is 2.15. The van der Waals surface area contributed by atoms with Gasteiger partial charge in [0.1, 0.15) is 11.8 Å². The van der Waals surface area contributed by atoms with Crippen LogP contribution in [0.25, 0.3) is 0 Å². The second-order valence-corrected chi connectivity index (χ2v) is 8.46. The van der Waals surface area contributed by atoms with Gasteiger partial charge in [0.05, 0.1) is 4.47 Å². The first-order chi connectivity index (χ1) is 14.3. The number of hydrogen-bond donors (Lipinski definition) is 1. The van der Waals surface area contributed by atoms with Gasteiger partial charge < -0.3 is 15.0 Å². The van der Waals surface area contributed by atoms with Gasteiger partial charge in [0, 0.05) is 13.1 Å². The first kappa shape index (κ1) is 23.9. The van der Waals surface area contributed by atoms with E-state index in [0.29, 0.717) is 24.8 Å². The van der Waals surface area contributed by atoms with E-state index in [9.17, 15) is 9.59 Å². The van der Waals surface area contributed by atoms with Gasteiger partial charge in [0.15, 0.2) is 6.61 Å². The van der Waals surface area contributed by atoms with Crippen LogP contribution < -0.4 is 10.1 Å². The number of ether oxygens (including phenoxy) is 1. The van der Waals surface area contributed by atoms with Gasteiger partial charge in [-0.3, -0.25) is 9.59 Å². The van der Waals surface area contributed by atoms with Crippen LogP contribution >= 0.6 is 15.9 Å². The SMILES string of the molecule is CCCNC(=O)[C@H](C)N(Cc1ccccc1)C(=O)COc1ccc(C(C)C)cc1Br. The van der Waals surface area contributed by atoms with E-state index in [0.717, 1.165) is 16.5 Å². The maximum Gasteiger partial charge on any atom is 0.261 e. The summed E-state index contributed by atoms with van der Waals surface area (Å²) in [4.78, 5) is 27.1. The number of halogens is 1. The maximum atomic E-state index is 13.0. The lowest BCUT2D eigenvalue weighted by atomic mass is 10.0. The lowest BCUT2D eigenvalue weighted by molar-refractivity contribution is -0.142.